The van der Waals surface area contributed by atoms with Crippen LogP contribution in [0.25, 0.3) is 0 Å². The van der Waals surface area contributed by atoms with E-state index in [1.165, 1.54) is 22.9 Å². The number of aliphatic hydroxyl groups is 1. The first-order valence-electron chi connectivity index (χ1n) is 16.2. The van der Waals surface area contributed by atoms with Crippen LogP contribution in [0, 0.1) is 13.7 Å². The van der Waals surface area contributed by atoms with E-state index in [0.29, 0.717) is 3.57 Å². The summed E-state index contributed by atoms with van der Waals surface area (Å²) < 4.78 is 20.7. The average molecular weight is 817 g/mol. The molecule has 1 fully saturated rings. The van der Waals surface area contributed by atoms with E-state index in [9.17, 15) is 24.8 Å². The van der Waals surface area contributed by atoms with E-state index in [-0.39, 0.29) is 46.7 Å². The van der Waals surface area contributed by atoms with Crippen LogP contribution in [0.5, 0.6) is 0 Å². The third-order valence-corrected chi connectivity index (χ3v) is 21.9. The Balaban J connectivity index is 2.05. The van der Waals surface area contributed by atoms with E-state index in [1.807, 2.05) is 22.6 Å². The second-order valence-electron chi connectivity index (χ2n) is 16.7. The number of carbonyl (C=O) groups excluding carboxylic acids is 1. The molecule has 1 N–H and O–H groups in total. The van der Waals surface area contributed by atoms with Gasteiger partial charge in [-0.25, -0.2) is 9.59 Å². The number of amides is 1. The number of nitrogens with zero attached hydrogens (tertiary/aromatic N) is 4. The molecular weight excluding hydrogens is 763 g/mol. The minimum atomic E-state index is -2.52. The van der Waals surface area contributed by atoms with Gasteiger partial charge in [-0.15, -0.1) is 0 Å². The molecule has 1 aliphatic rings. The van der Waals surface area contributed by atoms with Crippen molar-refractivity contribution in [2.24, 2.45) is 0 Å². The van der Waals surface area contributed by atoms with Gasteiger partial charge in [0.15, 0.2) is 8.32 Å². The number of carbonyl (C=O) groups is 1. The van der Waals surface area contributed by atoms with Gasteiger partial charge in [0.2, 0.25) is 0 Å². The molecule has 1 amide bonds. The molecule has 0 bridgehead atoms. The predicted octanol–water partition coefficient (Wildman–Crippen LogP) is 7.79. The maximum absolute atomic E-state index is 13.7. The van der Waals surface area contributed by atoms with E-state index in [1.54, 1.807) is 32.9 Å². The molecule has 0 saturated carbocycles. The SMILES string of the molecule is CC(C)(C)OC(=O)N(Cc1ccc(I)cc1[N+](=O)[O-])c1ccn([C@H]2C[C@@](O)([Si](C)(C)C(C)(C)C)[C@@H](CO[Si](C)(C)C(C)(C)C)O2)c(=O)n1. The molecule has 1 aliphatic heterocycles. The highest BCUT2D eigenvalue weighted by Crippen LogP contribution is 2.52. The van der Waals surface area contributed by atoms with Gasteiger partial charge in [0.1, 0.15) is 23.8 Å². The zero-order valence-electron chi connectivity index (χ0n) is 30.6. The maximum atomic E-state index is 13.7. The number of nitro groups is 1. The first-order chi connectivity index (χ1) is 21.6. The Kier molecular flexibility index (Phi) is 11.6. The van der Waals surface area contributed by atoms with Crippen molar-refractivity contribution >= 4 is 56.6 Å². The molecule has 48 heavy (non-hydrogen) atoms. The number of aromatic nitrogens is 2. The largest absolute Gasteiger partial charge is 0.443 e. The van der Waals surface area contributed by atoms with Crippen LogP contribution in [0.2, 0.25) is 36.3 Å². The summed E-state index contributed by atoms with van der Waals surface area (Å²) in [5.74, 6) is -0.0335. The van der Waals surface area contributed by atoms with Crippen LogP contribution in [0.1, 0.15) is 80.5 Å². The summed E-state index contributed by atoms with van der Waals surface area (Å²) in [4.78, 5) is 43.9. The van der Waals surface area contributed by atoms with Crippen molar-refractivity contribution in [2.45, 2.75) is 135 Å². The van der Waals surface area contributed by atoms with Crippen LogP contribution in [-0.2, 0) is 20.4 Å². The minimum absolute atomic E-state index is 0.0335. The molecular formula is C33H53IN4O8Si2. The third kappa shape index (κ3) is 8.57. The van der Waals surface area contributed by atoms with Gasteiger partial charge in [0.25, 0.3) is 5.69 Å². The second kappa shape index (κ2) is 13.8. The Bertz CT molecular complexity index is 1580. The highest BCUT2D eigenvalue weighted by atomic mass is 127. The molecule has 0 aliphatic carbocycles. The third-order valence-electron chi connectivity index (χ3n) is 10.3. The monoisotopic (exact) mass is 816 g/mol. The fourth-order valence-corrected chi connectivity index (χ4v) is 9.65. The predicted molar refractivity (Wildman–Crippen MR) is 201 cm³/mol. The van der Waals surface area contributed by atoms with Crippen LogP contribution >= 0.6 is 22.6 Å². The number of rotatable bonds is 9. The number of halogens is 1. The first kappa shape index (κ1) is 40.2. The van der Waals surface area contributed by atoms with Crippen LogP contribution in [0.15, 0.2) is 35.3 Å². The Morgan fingerprint density at radius 3 is 2.23 bits per heavy atom. The normalized spacial score (nSPS) is 20.9. The quantitative estimate of drug-likeness (QED) is 0.116. The van der Waals surface area contributed by atoms with Crippen molar-refractivity contribution in [3.8, 4) is 0 Å². The van der Waals surface area contributed by atoms with Crippen molar-refractivity contribution in [3.05, 3.63) is 60.2 Å². The second-order valence-corrected chi connectivity index (χ2v) is 28.4. The van der Waals surface area contributed by atoms with Gasteiger partial charge in [-0.2, -0.15) is 4.98 Å². The minimum Gasteiger partial charge on any atom is -0.443 e. The number of ether oxygens (including phenoxy) is 2. The van der Waals surface area contributed by atoms with E-state index < -0.39 is 56.3 Å². The molecule has 0 unspecified atom stereocenters. The number of benzene rings is 1. The summed E-state index contributed by atoms with van der Waals surface area (Å²) in [7, 11) is -4.71. The lowest BCUT2D eigenvalue weighted by Gasteiger charge is -2.49. The van der Waals surface area contributed by atoms with E-state index in [2.05, 4.69) is 72.7 Å². The molecule has 3 atom stereocenters. The average Bonchev–Trinajstić information content (AvgIpc) is 3.26. The lowest BCUT2D eigenvalue weighted by molar-refractivity contribution is -0.385. The Labute approximate surface area is 300 Å². The first-order valence-corrected chi connectivity index (χ1v) is 23.1. The van der Waals surface area contributed by atoms with Crippen LogP contribution < -0.4 is 10.6 Å². The summed E-state index contributed by atoms with van der Waals surface area (Å²) >= 11 is 1.98. The van der Waals surface area contributed by atoms with Crippen molar-refractivity contribution in [1.82, 2.24) is 9.55 Å². The molecule has 1 aromatic heterocycles. The highest BCUT2D eigenvalue weighted by Gasteiger charge is 2.62. The smallest absolute Gasteiger partial charge is 0.416 e. The zero-order valence-corrected chi connectivity index (χ0v) is 34.8. The summed E-state index contributed by atoms with van der Waals surface area (Å²) in [5.41, 5.74) is -1.50. The van der Waals surface area contributed by atoms with Crippen molar-refractivity contribution < 1.29 is 28.7 Å². The van der Waals surface area contributed by atoms with Crippen molar-refractivity contribution in [3.63, 3.8) is 0 Å². The molecule has 3 rings (SSSR count). The fourth-order valence-electron chi connectivity index (χ4n) is 5.24. The molecule has 1 aromatic carbocycles. The molecule has 12 nitrogen and oxygen atoms in total. The van der Waals surface area contributed by atoms with Crippen LogP contribution in [-0.4, -0.2) is 65.6 Å². The van der Waals surface area contributed by atoms with E-state index in [4.69, 9.17) is 13.9 Å². The fraction of sp³-hybridized carbons (Fsp3) is 0.667. The summed E-state index contributed by atoms with van der Waals surface area (Å²) in [5, 5.41) is 22.9. The van der Waals surface area contributed by atoms with Gasteiger partial charge in [-0.1, -0.05) is 54.6 Å². The van der Waals surface area contributed by atoms with Gasteiger partial charge in [0.05, 0.1) is 31.4 Å². The molecule has 0 spiro atoms. The van der Waals surface area contributed by atoms with Gasteiger partial charge in [-0.3, -0.25) is 19.6 Å². The van der Waals surface area contributed by atoms with Crippen LogP contribution in [0.3, 0.4) is 0 Å². The molecule has 2 heterocycles. The lowest BCUT2D eigenvalue weighted by Crippen LogP contribution is -2.65. The summed E-state index contributed by atoms with van der Waals surface area (Å²) in [6.45, 7) is 26.5. The maximum Gasteiger partial charge on any atom is 0.416 e. The molecule has 2 aromatic rings. The van der Waals surface area contributed by atoms with Gasteiger partial charge in [-0.05, 0) is 84.7 Å². The molecule has 1 saturated heterocycles. The summed E-state index contributed by atoms with van der Waals surface area (Å²) in [6, 6.07) is 6.17. The Morgan fingerprint density at radius 2 is 1.73 bits per heavy atom. The molecule has 15 heteroatoms. The van der Waals surface area contributed by atoms with Gasteiger partial charge < -0.3 is 19.0 Å². The Morgan fingerprint density at radius 1 is 1.12 bits per heavy atom. The van der Waals surface area contributed by atoms with Gasteiger partial charge in [0, 0.05) is 27.8 Å². The summed E-state index contributed by atoms with van der Waals surface area (Å²) in [6.07, 6.45) is -0.673. The lowest BCUT2D eigenvalue weighted by atomic mass is 10.1. The van der Waals surface area contributed by atoms with Crippen molar-refractivity contribution in [1.29, 1.82) is 0 Å². The number of nitro benzene ring substituents is 1. The standard InChI is InChI=1S/C33H53IN4O8Si2/c1-30(2,3)46-29(40)37(20-22-14-15-23(34)18-24(22)38(42)43)26-16-17-36(28(39)35-26)27-19-33(41,47(10,11)31(4,5)6)25(45-27)21-44-48(12,13)32(7,8)9/h14-18,25,27,41H,19-21H2,1-13H3/t25-,27-,33-/m1/s1. The number of anilines is 1. The number of hydrogen-bond acceptors (Lipinski definition) is 9. The Hall–Kier alpha value is -2.19. The highest BCUT2D eigenvalue weighted by molar-refractivity contribution is 14.1. The number of hydrogen-bond donors (Lipinski definition) is 1. The molecule has 0 radical (unpaired) electrons. The van der Waals surface area contributed by atoms with Gasteiger partial charge >= 0.3 is 11.8 Å². The molecule has 268 valence electrons. The van der Waals surface area contributed by atoms with Crippen LogP contribution in [0.4, 0.5) is 16.3 Å². The zero-order chi connectivity index (χ0) is 36.8. The topological polar surface area (TPSA) is 146 Å². The van der Waals surface area contributed by atoms with E-state index >= 15 is 0 Å². The van der Waals surface area contributed by atoms with E-state index in [0.717, 1.165) is 4.90 Å². The van der Waals surface area contributed by atoms with Crippen molar-refractivity contribution in [2.75, 3.05) is 11.5 Å².